The molecular weight excluding hydrogens is 511 g/mol. The van der Waals surface area contributed by atoms with Crippen molar-refractivity contribution in [1.29, 1.82) is 0 Å². The first-order chi connectivity index (χ1) is 19.1. The lowest BCUT2D eigenvalue weighted by Crippen LogP contribution is -2.50. The molecule has 198 valence electrons. The van der Waals surface area contributed by atoms with Gasteiger partial charge in [0.05, 0.1) is 17.7 Å². The molecule has 1 aliphatic heterocycles. The molecule has 1 unspecified atom stereocenters. The van der Waals surface area contributed by atoms with Gasteiger partial charge in [0.15, 0.2) is 5.13 Å². The summed E-state index contributed by atoms with van der Waals surface area (Å²) in [4.78, 5) is 36.3. The highest BCUT2D eigenvalue weighted by Crippen LogP contribution is 2.40. The van der Waals surface area contributed by atoms with Crippen molar-refractivity contribution in [2.45, 2.75) is 24.8 Å². The molecule has 8 heteroatoms. The molecule has 2 amide bonds. The van der Waals surface area contributed by atoms with Crippen LogP contribution in [0.5, 0.6) is 0 Å². The van der Waals surface area contributed by atoms with Gasteiger partial charge in [-0.2, -0.15) is 0 Å². The highest BCUT2D eigenvalue weighted by molar-refractivity contribution is 7.16. The number of rotatable bonds is 6. The minimum atomic E-state index is -0.391. The molecular formula is C31H29FN4O2S. The third-order valence-corrected chi connectivity index (χ3v) is 8.61. The molecule has 1 atom stereocenters. The molecule has 1 saturated heterocycles. The number of aromatic nitrogens is 1. The Morgan fingerprint density at radius 2 is 1.49 bits per heavy atom. The zero-order valence-corrected chi connectivity index (χ0v) is 22.2. The minimum absolute atomic E-state index is 0.117. The second kappa shape index (κ2) is 11.1. The number of thiazole rings is 1. The SMILES string of the molecule is O=C(Nc1nc2c(s1)CCC2C(=O)N1CCN(C(c2ccccc2)c2ccccc2)CC1)c1ccc(F)cc1. The third kappa shape index (κ3) is 5.35. The van der Waals surface area contributed by atoms with Gasteiger partial charge in [0.25, 0.3) is 5.91 Å². The fourth-order valence-electron chi connectivity index (χ4n) is 5.60. The Kier molecular flexibility index (Phi) is 7.22. The Morgan fingerprint density at radius 3 is 2.10 bits per heavy atom. The summed E-state index contributed by atoms with van der Waals surface area (Å²) in [5.41, 5.74) is 3.65. The molecule has 2 aliphatic rings. The van der Waals surface area contributed by atoms with E-state index >= 15 is 0 Å². The predicted molar refractivity (Wildman–Crippen MR) is 150 cm³/mol. The Balaban J connectivity index is 1.12. The predicted octanol–water partition coefficient (Wildman–Crippen LogP) is 5.50. The van der Waals surface area contributed by atoms with E-state index in [9.17, 15) is 14.0 Å². The van der Waals surface area contributed by atoms with Crippen LogP contribution in [0.3, 0.4) is 0 Å². The number of amides is 2. The average Bonchev–Trinajstić information content (AvgIpc) is 3.55. The molecule has 39 heavy (non-hydrogen) atoms. The lowest BCUT2D eigenvalue weighted by Gasteiger charge is -2.40. The number of anilines is 1. The van der Waals surface area contributed by atoms with Crippen LogP contribution in [0.25, 0.3) is 0 Å². The summed E-state index contributed by atoms with van der Waals surface area (Å²) >= 11 is 1.42. The van der Waals surface area contributed by atoms with Crippen LogP contribution in [0.4, 0.5) is 9.52 Å². The van der Waals surface area contributed by atoms with Gasteiger partial charge >= 0.3 is 0 Å². The maximum atomic E-state index is 13.6. The first kappa shape index (κ1) is 25.4. The monoisotopic (exact) mass is 540 g/mol. The van der Waals surface area contributed by atoms with E-state index in [-0.39, 0.29) is 23.8 Å². The highest BCUT2D eigenvalue weighted by atomic mass is 32.1. The van der Waals surface area contributed by atoms with Crippen LogP contribution in [-0.2, 0) is 11.2 Å². The number of fused-ring (bicyclic) bond motifs is 1. The van der Waals surface area contributed by atoms with Crippen molar-refractivity contribution >= 4 is 28.3 Å². The molecule has 6 nitrogen and oxygen atoms in total. The number of halogens is 1. The van der Waals surface area contributed by atoms with Gasteiger partial charge in [-0.3, -0.25) is 19.8 Å². The van der Waals surface area contributed by atoms with Crippen LogP contribution in [0.1, 0.15) is 50.4 Å². The van der Waals surface area contributed by atoms with Crippen LogP contribution < -0.4 is 5.32 Å². The molecule has 0 radical (unpaired) electrons. The van der Waals surface area contributed by atoms with Crippen LogP contribution >= 0.6 is 11.3 Å². The van der Waals surface area contributed by atoms with E-state index < -0.39 is 5.82 Å². The van der Waals surface area contributed by atoms with E-state index in [1.807, 2.05) is 17.0 Å². The molecule has 0 saturated carbocycles. The minimum Gasteiger partial charge on any atom is -0.340 e. The zero-order valence-electron chi connectivity index (χ0n) is 21.4. The molecule has 0 bridgehead atoms. The summed E-state index contributed by atoms with van der Waals surface area (Å²) < 4.78 is 13.2. The first-order valence-corrected chi connectivity index (χ1v) is 14.1. The molecule has 1 aliphatic carbocycles. The number of aryl methyl sites for hydroxylation is 1. The summed E-state index contributed by atoms with van der Waals surface area (Å²) in [5.74, 6) is -0.894. The third-order valence-electron chi connectivity index (χ3n) is 7.56. The normalized spacial score (nSPS) is 17.3. The molecule has 6 rings (SSSR count). The van der Waals surface area contributed by atoms with E-state index in [0.29, 0.717) is 23.8 Å². The second-order valence-electron chi connectivity index (χ2n) is 9.96. The van der Waals surface area contributed by atoms with Crippen molar-refractivity contribution in [1.82, 2.24) is 14.8 Å². The molecule has 1 fully saturated rings. The first-order valence-electron chi connectivity index (χ1n) is 13.3. The topological polar surface area (TPSA) is 65.5 Å². The van der Waals surface area contributed by atoms with Crippen molar-refractivity contribution in [3.63, 3.8) is 0 Å². The number of hydrogen-bond acceptors (Lipinski definition) is 5. The average molecular weight is 541 g/mol. The molecule has 4 aromatic rings. The second-order valence-corrected chi connectivity index (χ2v) is 11.0. The summed E-state index contributed by atoms with van der Waals surface area (Å²) in [6.07, 6.45) is 1.52. The Hall–Kier alpha value is -3.88. The van der Waals surface area contributed by atoms with Crippen molar-refractivity contribution in [3.05, 3.63) is 118 Å². The van der Waals surface area contributed by atoms with Gasteiger partial charge in [-0.15, -0.1) is 11.3 Å². The standard InChI is InChI=1S/C31H29FN4O2S/c32-24-13-11-23(12-14-24)29(37)34-31-33-27-25(15-16-26(27)39-31)30(38)36-19-17-35(18-20-36)28(21-7-3-1-4-8-21)22-9-5-2-6-10-22/h1-14,25,28H,15-20H2,(H,33,34,37). The Labute approximate surface area is 231 Å². The zero-order chi connectivity index (χ0) is 26.8. The number of piperazine rings is 1. The number of nitrogens with zero attached hydrogens (tertiary/aromatic N) is 3. The van der Waals surface area contributed by atoms with Crippen LogP contribution in [0.2, 0.25) is 0 Å². The fraction of sp³-hybridized carbons (Fsp3) is 0.258. The van der Waals surface area contributed by atoms with Crippen LogP contribution in [0.15, 0.2) is 84.9 Å². The van der Waals surface area contributed by atoms with E-state index in [1.165, 1.54) is 46.7 Å². The summed E-state index contributed by atoms with van der Waals surface area (Å²) in [7, 11) is 0. The van der Waals surface area contributed by atoms with E-state index in [1.54, 1.807) is 0 Å². The highest BCUT2D eigenvalue weighted by Gasteiger charge is 2.37. The number of carbonyl (C=O) groups excluding carboxylic acids is 2. The number of benzene rings is 3. The largest absolute Gasteiger partial charge is 0.340 e. The van der Waals surface area contributed by atoms with Gasteiger partial charge in [0, 0.05) is 36.6 Å². The van der Waals surface area contributed by atoms with Crippen LogP contribution in [0, 0.1) is 5.82 Å². The molecule has 1 aromatic heterocycles. The molecule has 3 aromatic carbocycles. The van der Waals surface area contributed by atoms with Crippen molar-refractivity contribution < 1.29 is 14.0 Å². The van der Waals surface area contributed by atoms with Gasteiger partial charge in [-0.1, -0.05) is 60.7 Å². The smallest absolute Gasteiger partial charge is 0.257 e. The van der Waals surface area contributed by atoms with Gasteiger partial charge in [-0.25, -0.2) is 9.37 Å². The quantitative estimate of drug-likeness (QED) is 0.351. The lowest BCUT2D eigenvalue weighted by atomic mass is 9.96. The number of nitrogens with one attached hydrogen (secondary N) is 1. The molecule has 2 heterocycles. The van der Waals surface area contributed by atoms with Gasteiger partial charge in [0.1, 0.15) is 5.82 Å². The molecule has 1 N–H and O–H groups in total. The summed E-state index contributed by atoms with van der Waals surface area (Å²) in [5, 5.41) is 3.29. The van der Waals surface area contributed by atoms with Crippen molar-refractivity contribution in [2.75, 3.05) is 31.5 Å². The number of hydrogen-bond donors (Lipinski definition) is 1. The number of carbonyl (C=O) groups is 2. The van der Waals surface area contributed by atoms with E-state index in [0.717, 1.165) is 36.5 Å². The van der Waals surface area contributed by atoms with E-state index in [4.69, 9.17) is 0 Å². The maximum absolute atomic E-state index is 13.6. The van der Waals surface area contributed by atoms with Crippen molar-refractivity contribution in [2.24, 2.45) is 0 Å². The van der Waals surface area contributed by atoms with Crippen molar-refractivity contribution in [3.8, 4) is 0 Å². The Bertz CT molecular complexity index is 1410. The summed E-state index contributed by atoms with van der Waals surface area (Å²) in [6.45, 7) is 2.91. The Morgan fingerprint density at radius 1 is 0.872 bits per heavy atom. The maximum Gasteiger partial charge on any atom is 0.257 e. The van der Waals surface area contributed by atoms with Gasteiger partial charge < -0.3 is 4.90 Å². The van der Waals surface area contributed by atoms with E-state index in [2.05, 4.69) is 63.7 Å². The van der Waals surface area contributed by atoms with Crippen LogP contribution in [-0.4, -0.2) is 52.8 Å². The lowest BCUT2D eigenvalue weighted by molar-refractivity contribution is -0.134. The van der Waals surface area contributed by atoms with Gasteiger partial charge in [0.2, 0.25) is 5.91 Å². The molecule has 0 spiro atoms. The summed E-state index contributed by atoms with van der Waals surface area (Å²) in [6, 6.07) is 26.6. The fourth-order valence-corrected chi connectivity index (χ4v) is 6.63. The van der Waals surface area contributed by atoms with Gasteiger partial charge in [-0.05, 0) is 48.2 Å².